The molecule has 0 bridgehead atoms. The number of methoxy groups -OCH3 is 1. The average Bonchev–Trinajstić information content (AvgIpc) is 2.72. The molecule has 3 aromatic carbocycles. The highest BCUT2D eigenvalue weighted by molar-refractivity contribution is 6.06. The third kappa shape index (κ3) is 3.22. The van der Waals surface area contributed by atoms with Gasteiger partial charge in [0.1, 0.15) is 17.1 Å². The van der Waals surface area contributed by atoms with E-state index in [0.717, 1.165) is 16.3 Å². The Hall–Kier alpha value is -3.60. The van der Waals surface area contributed by atoms with Gasteiger partial charge in [-0.2, -0.15) is 0 Å². The largest absolute Gasteiger partial charge is 0.497 e. The molecule has 0 spiro atoms. The minimum Gasteiger partial charge on any atom is -0.497 e. The first-order chi connectivity index (χ1) is 13.6. The number of hydrogen-bond donors (Lipinski definition) is 0. The summed E-state index contributed by atoms with van der Waals surface area (Å²) >= 11 is 0. The number of aryl methyl sites for hydroxylation is 1. The van der Waals surface area contributed by atoms with Crippen molar-refractivity contribution >= 4 is 27.5 Å². The molecular weight excluding hydrogens is 356 g/mol. The monoisotopic (exact) mass is 374 g/mol. The molecule has 0 atom stereocenters. The van der Waals surface area contributed by atoms with Crippen LogP contribution in [0, 0.1) is 6.92 Å². The lowest BCUT2D eigenvalue weighted by Crippen LogP contribution is -2.11. The highest BCUT2D eigenvalue weighted by Gasteiger charge is 2.12. The number of ether oxygens (including phenoxy) is 2. The van der Waals surface area contributed by atoms with Crippen molar-refractivity contribution in [2.45, 2.75) is 6.92 Å². The van der Waals surface area contributed by atoms with E-state index in [1.54, 1.807) is 43.5 Å². The SMILES string of the molecule is COc1ccc(C(=O)COc2cc(C)c3c(c2)oc(=O)c2ccccc23)cc1. The molecule has 140 valence electrons. The van der Waals surface area contributed by atoms with Gasteiger partial charge < -0.3 is 13.9 Å². The molecule has 0 aliphatic rings. The van der Waals surface area contributed by atoms with Crippen LogP contribution < -0.4 is 15.1 Å². The molecule has 28 heavy (non-hydrogen) atoms. The predicted octanol–water partition coefficient (Wildman–Crippen LogP) is 4.52. The normalized spacial score (nSPS) is 10.9. The Morgan fingerprint density at radius 1 is 0.964 bits per heavy atom. The van der Waals surface area contributed by atoms with Crippen molar-refractivity contribution in [1.29, 1.82) is 0 Å². The second-order valence-corrected chi connectivity index (χ2v) is 6.49. The molecule has 0 aliphatic carbocycles. The number of fused-ring (bicyclic) bond motifs is 3. The zero-order valence-electron chi connectivity index (χ0n) is 15.5. The van der Waals surface area contributed by atoms with Crippen molar-refractivity contribution in [3.63, 3.8) is 0 Å². The lowest BCUT2D eigenvalue weighted by Gasteiger charge is -2.10. The summed E-state index contributed by atoms with van der Waals surface area (Å²) < 4.78 is 16.2. The van der Waals surface area contributed by atoms with Gasteiger partial charge >= 0.3 is 5.63 Å². The topological polar surface area (TPSA) is 65.7 Å². The number of carbonyl (C=O) groups excluding carboxylic acids is 1. The van der Waals surface area contributed by atoms with E-state index in [4.69, 9.17) is 13.9 Å². The Morgan fingerprint density at radius 2 is 1.68 bits per heavy atom. The summed E-state index contributed by atoms with van der Waals surface area (Å²) in [6, 6.07) is 17.7. The third-order valence-electron chi connectivity index (χ3n) is 4.67. The van der Waals surface area contributed by atoms with E-state index in [1.165, 1.54) is 0 Å². The van der Waals surface area contributed by atoms with E-state index in [0.29, 0.717) is 28.0 Å². The van der Waals surface area contributed by atoms with Crippen LogP contribution in [0.3, 0.4) is 0 Å². The van der Waals surface area contributed by atoms with E-state index in [-0.39, 0.29) is 12.4 Å². The molecule has 0 fully saturated rings. The summed E-state index contributed by atoms with van der Waals surface area (Å²) in [5.74, 6) is 1.01. The zero-order valence-corrected chi connectivity index (χ0v) is 15.5. The van der Waals surface area contributed by atoms with Crippen LogP contribution in [-0.2, 0) is 0 Å². The van der Waals surface area contributed by atoms with Crippen LogP contribution in [0.2, 0.25) is 0 Å². The van der Waals surface area contributed by atoms with Crippen LogP contribution in [0.15, 0.2) is 69.9 Å². The number of Topliss-reactive ketones (excluding diaryl/α,β-unsaturated/α-hetero) is 1. The Balaban J connectivity index is 1.63. The Kier molecular flexibility index (Phi) is 4.57. The second-order valence-electron chi connectivity index (χ2n) is 6.49. The molecular formula is C23H18O5. The van der Waals surface area contributed by atoms with E-state index >= 15 is 0 Å². The van der Waals surface area contributed by atoms with E-state index in [2.05, 4.69) is 0 Å². The maximum absolute atomic E-state index is 12.4. The molecule has 5 nitrogen and oxygen atoms in total. The van der Waals surface area contributed by atoms with Gasteiger partial charge in [-0.1, -0.05) is 18.2 Å². The molecule has 4 aromatic rings. The summed E-state index contributed by atoms with van der Waals surface area (Å²) in [5.41, 5.74) is 1.49. The van der Waals surface area contributed by atoms with Crippen LogP contribution in [-0.4, -0.2) is 19.5 Å². The zero-order chi connectivity index (χ0) is 19.7. The summed E-state index contributed by atoms with van der Waals surface area (Å²) in [6.45, 7) is 1.81. The van der Waals surface area contributed by atoms with Crippen LogP contribution in [0.5, 0.6) is 11.5 Å². The molecule has 0 aliphatic heterocycles. The van der Waals surface area contributed by atoms with Crippen molar-refractivity contribution in [1.82, 2.24) is 0 Å². The second kappa shape index (κ2) is 7.19. The maximum Gasteiger partial charge on any atom is 0.344 e. The summed E-state index contributed by atoms with van der Waals surface area (Å²) in [6.07, 6.45) is 0. The van der Waals surface area contributed by atoms with E-state index in [1.807, 2.05) is 31.2 Å². The first-order valence-electron chi connectivity index (χ1n) is 8.83. The summed E-state index contributed by atoms with van der Waals surface area (Å²) in [7, 11) is 1.57. The third-order valence-corrected chi connectivity index (χ3v) is 4.67. The van der Waals surface area contributed by atoms with Gasteiger partial charge in [0.05, 0.1) is 12.5 Å². The number of rotatable bonds is 5. The molecule has 5 heteroatoms. The van der Waals surface area contributed by atoms with E-state index in [9.17, 15) is 9.59 Å². The molecule has 0 saturated carbocycles. The fraction of sp³-hybridized carbons (Fsp3) is 0.130. The number of benzene rings is 3. The Labute approximate surface area is 161 Å². The van der Waals surface area contributed by atoms with Crippen LogP contribution in [0.4, 0.5) is 0 Å². The van der Waals surface area contributed by atoms with Crippen molar-refractivity contribution in [2.24, 2.45) is 0 Å². The van der Waals surface area contributed by atoms with Gasteiger partial charge in [0.25, 0.3) is 0 Å². The van der Waals surface area contributed by atoms with Crippen molar-refractivity contribution in [2.75, 3.05) is 13.7 Å². The Bertz CT molecular complexity index is 1240. The molecule has 0 saturated heterocycles. The highest BCUT2D eigenvalue weighted by Crippen LogP contribution is 2.30. The summed E-state index contributed by atoms with van der Waals surface area (Å²) in [4.78, 5) is 24.6. The molecule has 0 unspecified atom stereocenters. The van der Waals surface area contributed by atoms with Crippen molar-refractivity contribution in [3.8, 4) is 11.5 Å². The van der Waals surface area contributed by atoms with Gasteiger partial charge in [0.15, 0.2) is 12.4 Å². The van der Waals surface area contributed by atoms with E-state index < -0.39 is 5.63 Å². The average molecular weight is 374 g/mol. The highest BCUT2D eigenvalue weighted by atomic mass is 16.5. The minimum atomic E-state index is -0.394. The summed E-state index contributed by atoms with van der Waals surface area (Å²) in [5, 5.41) is 2.25. The first kappa shape index (κ1) is 17.8. The van der Waals surface area contributed by atoms with Gasteiger partial charge in [-0.05, 0) is 48.9 Å². The molecule has 0 radical (unpaired) electrons. The van der Waals surface area contributed by atoms with Gasteiger partial charge in [0, 0.05) is 22.4 Å². The molecule has 0 amide bonds. The van der Waals surface area contributed by atoms with Gasteiger partial charge in [-0.25, -0.2) is 4.79 Å². The van der Waals surface area contributed by atoms with Crippen molar-refractivity contribution < 1.29 is 18.7 Å². The van der Waals surface area contributed by atoms with Gasteiger partial charge in [-0.3, -0.25) is 4.79 Å². The van der Waals surface area contributed by atoms with Crippen LogP contribution in [0.1, 0.15) is 15.9 Å². The number of carbonyl (C=O) groups is 1. The van der Waals surface area contributed by atoms with Crippen LogP contribution >= 0.6 is 0 Å². The molecule has 1 heterocycles. The minimum absolute atomic E-state index is 0.116. The lowest BCUT2D eigenvalue weighted by molar-refractivity contribution is 0.0921. The first-order valence-corrected chi connectivity index (χ1v) is 8.83. The molecule has 0 N–H and O–H groups in total. The standard InChI is InChI=1S/C23H18O5/c1-14-11-17(27-13-20(24)15-7-9-16(26-2)10-8-15)12-21-22(14)18-5-3-4-6-19(18)23(25)28-21/h3-12H,13H2,1-2H3. The Morgan fingerprint density at radius 3 is 2.39 bits per heavy atom. The lowest BCUT2D eigenvalue weighted by atomic mass is 10.0. The maximum atomic E-state index is 12.4. The predicted molar refractivity (Wildman–Crippen MR) is 108 cm³/mol. The fourth-order valence-electron chi connectivity index (χ4n) is 3.27. The fourth-order valence-corrected chi connectivity index (χ4v) is 3.27. The number of hydrogen-bond acceptors (Lipinski definition) is 5. The molecule has 1 aromatic heterocycles. The molecule has 4 rings (SSSR count). The quantitative estimate of drug-likeness (QED) is 0.292. The van der Waals surface area contributed by atoms with Crippen LogP contribution in [0.25, 0.3) is 21.7 Å². The van der Waals surface area contributed by atoms with Crippen molar-refractivity contribution in [3.05, 3.63) is 82.2 Å². The van der Waals surface area contributed by atoms with Gasteiger partial charge in [0.2, 0.25) is 0 Å². The smallest absolute Gasteiger partial charge is 0.344 e. The number of ketones is 1. The van der Waals surface area contributed by atoms with Gasteiger partial charge in [-0.15, -0.1) is 0 Å².